The summed E-state index contributed by atoms with van der Waals surface area (Å²) in [5, 5.41) is 3.50. The molecule has 1 unspecified atom stereocenters. The summed E-state index contributed by atoms with van der Waals surface area (Å²) in [6, 6.07) is 0.508. The first-order chi connectivity index (χ1) is 12.6. The Morgan fingerprint density at radius 3 is 2.42 bits per heavy atom. The van der Waals surface area contributed by atoms with Gasteiger partial charge in [-0.05, 0) is 39.0 Å². The summed E-state index contributed by atoms with van der Waals surface area (Å²) < 4.78 is 11.3. The second-order valence-corrected chi connectivity index (χ2v) is 7.77. The van der Waals surface area contributed by atoms with Gasteiger partial charge in [0.2, 0.25) is 0 Å². The third-order valence-electron chi connectivity index (χ3n) is 5.24. The van der Waals surface area contributed by atoms with Gasteiger partial charge in [-0.3, -0.25) is 9.89 Å². The van der Waals surface area contributed by atoms with Gasteiger partial charge in [-0.25, -0.2) is 0 Å². The van der Waals surface area contributed by atoms with Gasteiger partial charge >= 0.3 is 0 Å². The second kappa shape index (κ2) is 11.8. The Morgan fingerprint density at radius 1 is 1.15 bits per heavy atom. The van der Waals surface area contributed by atoms with Crippen LogP contribution in [0.3, 0.4) is 0 Å². The van der Waals surface area contributed by atoms with Gasteiger partial charge in [0.25, 0.3) is 0 Å². The predicted molar refractivity (Wildman–Crippen MR) is 108 cm³/mol. The highest BCUT2D eigenvalue weighted by Crippen LogP contribution is 2.16. The molecule has 26 heavy (non-hydrogen) atoms. The Balaban J connectivity index is 1.96. The minimum absolute atomic E-state index is 0.418. The van der Waals surface area contributed by atoms with Crippen LogP contribution in [-0.4, -0.2) is 87.0 Å². The van der Waals surface area contributed by atoms with E-state index in [-0.39, 0.29) is 0 Å². The lowest BCUT2D eigenvalue weighted by molar-refractivity contribution is 0.0140. The predicted octanol–water partition coefficient (Wildman–Crippen LogP) is 2.20. The minimum Gasteiger partial charge on any atom is -0.379 e. The maximum atomic E-state index is 5.79. The summed E-state index contributed by atoms with van der Waals surface area (Å²) in [6.45, 7) is 17.3. The number of hydrogen-bond acceptors (Lipinski definition) is 4. The van der Waals surface area contributed by atoms with Crippen LogP contribution in [0.2, 0.25) is 0 Å². The molecule has 2 fully saturated rings. The summed E-state index contributed by atoms with van der Waals surface area (Å²) in [7, 11) is 0. The molecule has 6 nitrogen and oxygen atoms in total. The van der Waals surface area contributed by atoms with Gasteiger partial charge < -0.3 is 19.7 Å². The smallest absolute Gasteiger partial charge is 0.193 e. The fourth-order valence-electron chi connectivity index (χ4n) is 3.91. The average Bonchev–Trinajstić information content (AvgIpc) is 2.65. The zero-order valence-electron chi connectivity index (χ0n) is 17.4. The minimum atomic E-state index is 0.418. The van der Waals surface area contributed by atoms with Crippen LogP contribution >= 0.6 is 0 Å². The Labute approximate surface area is 160 Å². The summed E-state index contributed by atoms with van der Waals surface area (Å²) in [4.78, 5) is 10.0. The van der Waals surface area contributed by atoms with Crippen molar-refractivity contribution in [3.05, 3.63) is 0 Å². The molecule has 2 aliphatic rings. The molecule has 152 valence electrons. The lowest BCUT2D eigenvalue weighted by atomic mass is 10.0. The maximum absolute atomic E-state index is 5.79. The topological polar surface area (TPSA) is 49.3 Å². The molecule has 2 saturated heterocycles. The van der Waals surface area contributed by atoms with Crippen molar-refractivity contribution in [3.63, 3.8) is 0 Å². The van der Waals surface area contributed by atoms with Crippen molar-refractivity contribution in [2.75, 3.05) is 59.1 Å². The molecular weight excluding hydrogens is 328 g/mol. The molecule has 0 radical (unpaired) electrons. The molecule has 0 saturated carbocycles. The van der Waals surface area contributed by atoms with Gasteiger partial charge in [0.1, 0.15) is 0 Å². The van der Waals surface area contributed by atoms with Crippen LogP contribution in [0, 0.1) is 5.92 Å². The molecule has 0 aromatic carbocycles. The van der Waals surface area contributed by atoms with E-state index in [4.69, 9.17) is 14.5 Å². The highest BCUT2D eigenvalue weighted by atomic mass is 16.5. The van der Waals surface area contributed by atoms with E-state index in [0.29, 0.717) is 18.1 Å². The molecule has 2 heterocycles. The van der Waals surface area contributed by atoms with Crippen molar-refractivity contribution in [1.29, 1.82) is 0 Å². The van der Waals surface area contributed by atoms with E-state index < -0.39 is 0 Å². The van der Waals surface area contributed by atoms with E-state index in [1.165, 1.54) is 6.42 Å². The molecule has 2 aliphatic heterocycles. The quantitative estimate of drug-likeness (QED) is 0.526. The van der Waals surface area contributed by atoms with Crippen molar-refractivity contribution in [2.45, 2.75) is 59.1 Å². The Morgan fingerprint density at radius 2 is 1.85 bits per heavy atom. The van der Waals surface area contributed by atoms with Crippen molar-refractivity contribution in [1.82, 2.24) is 15.1 Å². The molecule has 2 rings (SSSR count). The molecule has 0 spiro atoms. The molecule has 1 atom stereocenters. The number of guanidine groups is 1. The number of nitrogens with zero attached hydrogens (tertiary/aromatic N) is 3. The largest absolute Gasteiger partial charge is 0.379 e. The summed E-state index contributed by atoms with van der Waals surface area (Å²) >= 11 is 0. The molecule has 0 aliphatic carbocycles. The van der Waals surface area contributed by atoms with Gasteiger partial charge in [-0.2, -0.15) is 0 Å². The number of piperidine rings is 1. The number of nitrogens with one attached hydrogen (secondary N) is 1. The Kier molecular flexibility index (Phi) is 9.72. The number of likely N-dealkylation sites (tertiary alicyclic amines) is 1. The highest BCUT2D eigenvalue weighted by molar-refractivity contribution is 5.80. The van der Waals surface area contributed by atoms with Crippen LogP contribution in [0.4, 0.5) is 0 Å². The summed E-state index contributed by atoms with van der Waals surface area (Å²) in [5.41, 5.74) is 0. The van der Waals surface area contributed by atoms with Crippen LogP contribution in [-0.2, 0) is 9.47 Å². The monoisotopic (exact) mass is 368 g/mol. The normalized spacial score (nSPS) is 22.0. The van der Waals surface area contributed by atoms with Crippen LogP contribution in [0.1, 0.15) is 47.0 Å². The van der Waals surface area contributed by atoms with Crippen LogP contribution < -0.4 is 5.32 Å². The fraction of sp³-hybridized carbons (Fsp3) is 0.950. The van der Waals surface area contributed by atoms with E-state index in [1.54, 1.807) is 0 Å². The fourth-order valence-corrected chi connectivity index (χ4v) is 3.91. The standard InChI is InChI=1S/C20H40N4O2/c1-5-21-20(24-9-7-19(8-10-24)26-6-2)22-16-18(15-17(3)4)23-11-13-25-14-12-23/h17-19H,5-16H2,1-4H3,(H,21,22). The highest BCUT2D eigenvalue weighted by Gasteiger charge is 2.24. The number of ether oxygens (including phenoxy) is 2. The summed E-state index contributed by atoms with van der Waals surface area (Å²) in [5.74, 6) is 1.76. The lowest BCUT2D eigenvalue weighted by Crippen LogP contribution is -2.49. The van der Waals surface area contributed by atoms with Crippen molar-refractivity contribution in [2.24, 2.45) is 10.9 Å². The molecule has 0 aromatic heterocycles. The van der Waals surface area contributed by atoms with Crippen LogP contribution in [0.5, 0.6) is 0 Å². The van der Waals surface area contributed by atoms with E-state index in [9.17, 15) is 0 Å². The molecular formula is C20H40N4O2. The van der Waals surface area contributed by atoms with Crippen molar-refractivity contribution < 1.29 is 9.47 Å². The number of aliphatic imine (C=N–C) groups is 1. The number of rotatable bonds is 8. The first-order valence-corrected chi connectivity index (χ1v) is 10.6. The molecule has 0 bridgehead atoms. The van der Waals surface area contributed by atoms with Gasteiger partial charge in [-0.15, -0.1) is 0 Å². The molecule has 6 heteroatoms. The molecule has 1 N–H and O–H groups in total. The van der Waals surface area contributed by atoms with E-state index in [1.807, 2.05) is 0 Å². The third-order valence-corrected chi connectivity index (χ3v) is 5.24. The lowest BCUT2D eigenvalue weighted by Gasteiger charge is -2.36. The van der Waals surface area contributed by atoms with Crippen LogP contribution in [0.25, 0.3) is 0 Å². The Hall–Kier alpha value is -0.850. The number of hydrogen-bond donors (Lipinski definition) is 1. The Bertz CT molecular complexity index is 403. The van der Waals surface area contributed by atoms with Crippen molar-refractivity contribution in [3.8, 4) is 0 Å². The van der Waals surface area contributed by atoms with Crippen LogP contribution in [0.15, 0.2) is 4.99 Å². The maximum Gasteiger partial charge on any atom is 0.193 e. The molecule has 0 amide bonds. The zero-order chi connectivity index (χ0) is 18.8. The molecule has 0 aromatic rings. The average molecular weight is 369 g/mol. The van der Waals surface area contributed by atoms with E-state index in [0.717, 1.165) is 77.9 Å². The third kappa shape index (κ3) is 7.05. The van der Waals surface area contributed by atoms with Crippen molar-refractivity contribution >= 4 is 5.96 Å². The van der Waals surface area contributed by atoms with Gasteiger partial charge in [0, 0.05) is 45.4 Å². The van der Waals surface area contributed by atoms with Gasteiger partial charge in [-0.1, -0.05) is 13.8 Å². The van der Waals surface area contributed by atoms with Gasteiger partial charge in [0.05, 0.1) is 25.9 Å². The first-order valence-electron chi connectivity index (χ1n) is 10.6. The van der Waals surface area contributed by atoms with Gasteiger partial charge in [0.15, 0.2) is 5.96 Å². The zero-order valence-corrected chi connectivity index (χ0v) is 17.4. The van der Waals surface area contributed by atoms with E-state index in [2.05, 4.69) is 42.8 Å². The number of morpholine rings is 1. The second-order valence-electron chi connectivity index (χ2n) is 7.77. The first kappa shape index (κ1) is 21.5. The van der Waals surface area contributed by atoms with E-state index >= 15 is 0 Å². The SMILES string of the molecule is CCNC(=NCC(CC(C)C)N1CCOCC1)N1CCC(OCC)CC1. The summed E-state index contributed by atoms with van der Waals surface area (Å²) in [6.07, 6.45) is 3.80.